The maximum Gasteiger partial charge on any atom is 0.126 e. The molecule has 2 aromatic heterocycles. The van der Waals surface area contributed by atoms with Gasteiger partial charge >= 0.3 is 0 Å². The van der Waals surface area contributed by atoms with Crippen LogP contribution < -0.4 is 0 Å². The van der Waals surface area contributed by atoms with E-state index in [1.807, 2.05) is 36.4 Å². The molecule has 28 heavy (non-hydrogen) atoms. The van der Waals surface area contributed by atoms with E-state index in [9.17, 15) is 0 Å². The van der Waals surface area contributed by atoms with E-state index in [-0.39, 0.29) is 0 Å². The van der Waals surface area contributed by atoms with Crippen molar-refractivity contribution in [3.63, 3.8) is 0 Å². The van der Waals surface area contributed by atoms with Crippen molar-refractivity contribution in [1.82, 2.24) is 0 Å². The molecule has 5 rings (SSSR count). The van der Waals surface area contributed by atoms with Crippen LogP contribution in [-0.2, 0) is 0 Å². The summed E-state index contributed by atoms with van der Waals surface area (Å²) in [5, 5.41) is 4.84. The van der Waals surface area contributed by atoms with Crippen molar-refractivity contribution in [3.05, 3.63) is 108 Å². The van der Waals surface area contributed by atoms with Gasteiger partial charge in [-0.05, 0) is 69.1 Å². The molecule has 134 valence electrons. The van der Waals surface area contributed by atoms with Crippen LogP contribution in [0.1, 0.15) is 22.6 Å². The average Bonchev–Trinajstić information content (AvgIpc) is 3.44. The number of furan rings is 2. The molecule has 2 nitrogen and oxygen atoms in total. The Kier molecular flexibility index (Phi) is 4.15. The first kappa shape index (κ1) is 16.4. The molecule has 0 amide bonds. The van der Waals surface area contributed by atoms with Crippen LogP contribution in [0.25, 0.3) is 45.8 Å². The van der Waals surface area contributed by atoms with Crippen molar-refractivity contribution >= 4 is 45.8 Å². The van der Waals surface area contributed by atoms with Crippen LogP contribution in [0.5, 0.6) is 0 Å². The highest BCUT2D eigenvalue weighted by atomic mass is 16.3. The Morgan fingerprint density at radius 3 is 1.14 bits per heavy atom. The molecule has 5 aromatic rings. The summed E-state index contributed by atoms with van der Waals surface area (Å²) >= 11 is 0. The summed E-state index contributed by atoms with van der Waals surface area (Å²) in [4.78, 5) is 0. The van der Waals surface area contributed by atoms with E-state index in [0.29, 0.717) is 0 Å². The van der Waals surface area contributed by atoms with Crippen LogP contribution in [0, 0.1) is 0 Å². The number of rotatable bonds is 4. The molecule has 0 fully saturated rings. The molecule has 0 aliphatic rings. The lowest BCUT2D eigenvalue weighted by molar-refractivity contribution is 0.557. The van der Waals surface area contributed by atoms with Gasteiger partial charge in [-0.3, -0.25) is 0 Å². The quantitative estimate of drug-likeness (QED) is 0.309. The Labute approximate surface area is 163 Å². The molecular formula is C26H18O2. The zero-order valence-corrected chi connectivity index (χ0v) is 15.2. The minimum Gasteiger partial charge on any atom is -0.465 e. The zero-order valence-electron chi connectivity index (χ0n) is 15.2. The fourth-order valence-electron chi connectivity index (χ4n) is 3.66. The van der Waals surface area contributed by atoms with E-state index in [1.165, 1.54) is 32.7 Å². The molecule has 0 radical (unpaired) electrons. The number of hydrogen-bond donors (Lipinski definition) is 0. The van der Waals surface area contributed by atoms with Crippen LogP contribution in [0.3, 0.4) is 0 Å². The number of benzene rings is 3. The van der Waals surface area contributed by atoms with E-state index in [4.69, 9.17) is 8.83 Å². The molecule has 0 N–H and O–H groups in total. The molecule has 0 saturated heterocycles. The molecule has 0 spiro atoms. The van der Waals surface area contributed by atoms with Crippen molar-refractivity contribution in [2.45, 2.75) is 0 Å². The lowest BCUT2D eigenvalue weighted by atomic mass is 9.91. The lowest BCUT2D eigenvalue weighted by Crippen LogP contribution is -1.88. The number of hydrogen-bond acceptors (Lipinski definition) is 2. The summed E-state index contributed by atoms with van der Waals surface area (Å²) in [5.74, 6) is 1.69. The minimum absolute atomic E-state index is 0.843. The van der Waals surface area contributed by atoms with E-state index in [0.717, 1.165) is 11.5 Å². The van der Waals surface area contributed by atoms with Gasteiger partial charge in [0, 0.05) is 0 Å². The van der Waals surface area contributed by atoms with Crippen molar-refractivity contribution in [2.75, 3.05) is 0 Å². The Hall–Kier alpha value is -3.78. The summed E-state index contributed by atoms with van der Waals surface area (Å²) in [6, 6.07) is 24.8. The van der Waals surface area contributed by atoms with Crippen molar-refractivity contribution in [1.29, 1.82) is 0 Å². The second kappa shape index (κ2) is 7.09. The summed E-state index contributed by atoms with van der Waals surface area (Å²) in [7, 11) is 0. The monoisotopic (exact) mass is 362 g/mol. The molecule has 0 saturated carbocycles. The van der Waals surface area contributed by atoms with E-state index in [1.54, 1.807) is 12.5 Å². The highest BCUT2D eigenvalue weighted by Gasteiger charge is 2.10. The Morgan fingerprint density at radius 2 is 0.821 bits per heavy atom. The minimum atomic E-state index is 0.843. The molecular weight excluding hydrogens is 344 g/mol. The van der Waals surface area contributed by atoms with Crippen LogP contribution >= 0.6 is 0 Å². The second-order valence-corrected chi connectivity index (χ2v) is 6.62. The Balaban J connectivity index is 1.78. The Bertz CT molecular complexity index is 1130. The summed E-state index contributed by atoms with van der Waals surface area (Å²) in [6.45, 7) is 0. The molecule has 0 unspecified atom stereocenters. The van der Waals surface area contributed by atoms with Gasteiger partial charge in [0.1, 0.15) is 11.5 Å². The fourth-order valence-corrected chi connectivity index (χ4v) is 3.66. The molecule has 0 bridgehead atoms. The van der Waals surface area contributed by atoms with Gasteiger partial charge in [-0.25, -0.2) is 0 Å². The van der Waals surface area contributed by atoms with Gasteiger partial charge in [0.05, 0.1) is 12.5 Å². The Morgan fingerprint density at radius 1 is 0.429 bits per heavy atom. The van der Waals surface area contributed by atoms with Gasteiger partial charge in [0.15, 0.2) is 0 Å². The van der Waals surface area contributed by atoms with Gasteiger partial charge in [-0.1, -0.05) is 60.7 Å². The molecule has 0 aliphatic heterocycles. The largest absolute Gasteiger partial charge is 0.465 e. The predicted octanol–water partition coefficient (Wildman–Crippen LogP) is 7.52. The van der Waals surface area contributed by atoms with Gasteiger partial charge in [0.2, 0.25) is 0 Å². The third kappa shape index (κ3) is 2.95. The van der Waals surface area contributed by atoms with Crippen molar-refractivity contribution in [3.8, 4) is 0 Å². The molecule has 0 aliphatic carbocycles. The van der Waals surface area contributed by atoms with Gasteiger partial charge in [-0.2, -0.15) is 0 Å². The summed E-state index contributed by atoms with van der Waals surface area (Å²) < 4.78 is 10.9. The topological polar surface area (TPSA) is 26.3 Å². The van der Waals surface area contributed by atoms with E-state index < -0.39 is 0 Å². The molecule has 2 heterocycles. The van der Waals surface area contributed by atoms with Crippen LogP contribution in [0.2, 0.25) is 0 Å². The first-order valence-corrected chi connectivity index (χ1v) is 9.27. The maximum absolute atomic E-state index is 5.47. The highest BCUT2D eigenvalue weighted by molar-refractivity contribution is 6.14. The van der Waals surface area contributed by atoms with E-state index in [2.05, 4.69) is 60.7 Å². The lowest BCUT2D eigenvalue weighted by Gasteiger charge is -2.13. The zero-order chi connectivity index (χ0) is 18.8. The van der Waals surface area contributed by atoms with Gasteiger partial charge in [-0.15, -0.1) is 0 Å². The predicted molar refractivity (Wildman–Crippen MR) is 117 cm³/mol. The number of fused-ring (bicyclic) bond motifs is 2. The average molecular weight is 362 g/mol. The molecule has 0 atom stereocenters. The smallest absolute Gasteiger partial charge is 0.126 e. The van der Waals surface area contributed by atoms with Crippen LogP contribution in [-0.4, -0.2) is 0 Å². The molecule has 3 aromatic carbocycles. The van der Waals surface area contributed by atoms with Gasteiger partial charge in [0.25, 0.3) is 0 Å². The van der Waals surface area contributed by atoms with Crippen molar-refractivity contribution in [2.24, 2.45) is 0 Å². The highest BCUT2D eigenvalue weighted by Crippen LogP contribution is 2.35. The van der Waals surface area contributed by atoms with Crippen molar-refractivity contribution < 1.29 is 8.83 Å². The third-order valence-electron chi connectivity index (χ3n) is 4.93. The fraction of sp³-hybridized carbons (Fsp3) is 0. The van der Waals surface area contributed by atoms with Gasteiger partial charge < -0.3 is 8.83 Å². The molecule has 2 heteroatoms. The second-order valence-electron chi connectivity index (χ2n) is 6.62. The van der Waals surface area contributed by atoms with Crippen LogP contribution in [0.15, 0.2) is 94.2 Å². The normalized spacial score (nSPS) is 12.0. The summed E-state index contributed by atoms with van der Waals surface area (Å²) in [5.41, 5.74) is 2.38. The first-order valence-electron chi connectivity index (χ1n) is 9.27. The standard InChI is InChI=1S/C26H18O2/c1-2-10-22-21(9-1)25(15-13-19-7-5-17-27-19)23-11-3-4-12-24(23)26(22)16-14-20-8-6-18-28-20/h1-18H. The maximum atomic E-state index is 5.47. The van der Waals surface area contributed by atoms with Crippen LogP contribution in [0.4, 0.5) is 0 Å². The first-order chi connectivity index (χ1) is 13.9. The summed E-state index contributed by atoms with van der Waals surface area (Å²) in [6.07, 6.45) is 11.7. The SMILES string of the molecule is C(=Cc1c2ccccc2c(C=Cc2ccco2)c2ccccc12)c1ccco1. The van der Waals surface area contributed by atoms with E-state index >= 15 is 0 Å². The third-order valence-corrected chi connectivity index (χ3v) is 4.93.